The van der Waals surface area contributed by atoms with Gasteiger partial charge in [-0.25, -0.2) is 0 Å². The Kier molecular flexibility index (Phi) is 7.49. The Morgan fingerprint density at radius 3 is 2.79 bits per heavy atom. The highest BCUT2D eigenvalue weighted by atomic mass is 32.2. The zero-order valence-corrected chi connectivity index (χ0v) is 14.9. The van der Waals surface area contributed by atoms with Gasteiger partial charge in [-0.05, 0) is 30.7 Å². The van der Waals surface area contributed by atoms with Crippen molar-refractivity contribution in [2.45, 2.75) is 13.5 Å². The van der Waals surface area contributed by atoms with Crippen LogP contribution in [0.15, 0.2) is 48.5 Å². The predicted octanol–water partition coefficient (Wildman–Crippen LogP) is 3.43. The zero-order chi connectivity index (χ0) is 17.2. The third-order valence-corrected chi connectivity index (χ3v) is 4.31. The lowest BCUT2D eigenvalue weighted by molar-refractivity contribution is -0.118. The van der Waals surface area contributed by atoms with E-state index >= 15 is 0 Å². The van der Waals surface area contributed by atoms with Crippen molar-refractivity contribution in [3.8, 4) is 11.5 Å². The van der Waals surface area contributed by atoms with Crippen LogP contribution in [0.4, 0.5) is 0 Å². The molecule has 2 aromatic rings. The third-order valence-electron chi connectivity index (χ3n) is 3.39. The number of thioether (sulfide) groups is 1. The fourth-order valence-electron chi connectivity index (χ4n) is 2.18. The van der Waals surface area contributed by atoms with Gasteiger partial charge in [-0.1, -0.05) is 30.3 Å². The number of aryl methyl sites for hydroxylation is 1. The predicted molar refractivity (Wildman–Crippen MR) is 98.8 cm³/mol. The average molecular weight is 345 g/mol. The zero-order valence-electron chi connectivity index (χ0n) is 14.1. The second-order valence-electron chi connectivity index (χ2n) is 5.31. The van der Waals surface area contributed by atoms with Gasteiger partial charge in [0.15, 0.2) is 0 Å². The van der Waals surface area contributed by atoms with Gasteiger partial charge < -0.3 is 14.8 Å². The Balaban J connectivity index is 1.61. The second kappa shape index (κ2) is 9.88. The van der Waals surface area contributed by atoms with Crippen LogP contribution in [0.2, 0.25) is 0 Å². The number of hydrogen-bond acceptors (Lipinski definition) is 4. The molecule has 0 heterocycles. The molecule has 0 aliphatic carbocycles. The standard InChI is InChI=1S/C19H23NO3S/c1-15-6-5-8-17(12-15)23-10-11-24-14-19(21)20-13-16-7-3-4-9-18(16)22-2/h3-9,12H,10-11,13-14H2,1-2H3,(H,20,21). The Labute approximate surface area is 147 Å². The average Bonchev–Trinajstić information content (AvgIpc) is 2.60. The Hall–Kier alpha value is -2.14. The van der Waals surface area contributed by atoms with E-state index in [1.165, 1.54) is 5.56 Å². The van der Waals surface area contributed by atoms with Crippen LogP contribution in [-0.2, 0) is 11.3 Å². The summed E-state index contributed by atoms with van der Waals surface area (Å²) in [5.41, 5.74) is 2.15. The first-order valence-corrected chi connectivity index (χ1v) is 9.00. The minimum Gasteiger partial charge on any atom is -0.496 e. The number of ether oxygens (including phenoxy) is 2. The van der Waals surface area contributed by atoms with Crippen LogP contribution < -0.4 is 14.8 Å². The number of methoxy groups -OCH3 is 1. The van der Waals surface area contributed by atoms with E-state index < -0.39 is 0 Å². The molecule has 2 rings (SSSR count). The Morgan fingerprint density at radius 1 is 1.17 bits per heavy atom. The molecule has 0 radical (unpaired) electrons. The quantitative estimate of drug-likeness (QED) is 0.707. The van der Waals surface area contributed by atoms with Crippen LogP contribution in [-0.4, -0.2) is 31.1 Å². The van der Waals surface area contributed by atoms with Crippen LogP contribution in [0.3, 0.4) is 0 Å². The summed E-state index contributed by atoms with van der Waals surface area (Å²) in [6.07, 6.45) is 0. The SMILES string of the molecule is COc1ccccc1CNC(=O)CSCCOc1cccc(C)c1. The molecule has 0 saturated carbocycles. The van der Waals surface area contributed by atoms with E-state index in [1.807, 2.05) is 55.5 Å². The summed E-state index contributed by atoms with van der Waals surface area (Å²) in [6.45, 7) is 3.10. The van der Waals surface area contributed by atoms with E-state index in [1.54, 1.807) is 18.9 Å². The minimum atomic E-state index is 0.0152. The van der Waals surface area contributed by atoms with Crippen LogP contribution in [0.5, 0.6) is 11.5 Å². The first-order valence-electron chi connectivity index (χ1n) is 7.85. The molecule has 0 spiro atoms. The minimum absolute atomic E-state index is 0.0152. The van der Waals surface area contributed by atoms with Crippen LogP contribution in [0, 0.1) is 6.92 Å². The first-order chi connectivity index (χ1) is 11.7. The summed E-state index contributed by atoms with van der Waals surface area (Å²) in [4.78, 5) is 11.9. The van der Waals surface area contributed by atoms with Crippen LogP contribution in [0.1, 0.15) is 11.1 Å². The topological polar surface area (TPSA) is 47.6 Å². The molecule has 0 fully saturated rings. The fraction of sp³-hybridized carbons (Fsp3) is 0.316. The molecule has 2 aromatic carbocycles. The molecule has 0 aliphatic rings. The monoisotopic (exact) mass is 345 g/mol. The van der Waals surface area contributed by atoms with Gasteiger partial charge in [0, 0.05) is 17.9 Å². The number of rotatable bonds is 9. The highest BCUT2D eigenvalue weighted by molar-refractivity contribution is 7.99. The lowest BCUT2D eigenvalue weighted by Gasteiger charge is -2.10. The summed E-state index contributed by atoms with van der Waals surface area (Å²) in [6, 6.07) is 15.6. The molecular weight excluding hydrogens is 322 g/mol. The van der Waals surface area contributed by atoms with Crippen molar-refractivity contribution in [3.63, 3.8) is 0 Å². The van der Waals surface area contributed by atoms with Crippen molar-refractivity contribution in [2.24, 2.45) is 0 Å². The molecule has 0 atom stereocenters. The molecule has 0 aromatic heterocycles. The number of hydrogen-bond donors (Lipinski definition) is 1. The van der Waals surface area contributed by atoms with E-state index in [4.69, 9.17) is 9.47 Å². The maximum Gasteiger partial charge on any atom is 0.230 e. The van der Waals surface area contributed by atoms with Gasteiger partial charge in [-0.3, -0.25) is 4.79 Å². The van der Waals surface area contributed by atoms with Gasteiger partial charge >= 0.3 is 0 Å². The largest absolute Gasteiger partial charge is 0.496 e. The van der Waals surface area contributed by atoms with E-state index in [0.29, 0.717) is 18.9 Å². The van der Waals surface area contributed by atoms with Gasteiger partial charge in [-0.15, -0.1) is 11.8 Å². The lowest BCUT2D eigenvalue weighted by Crippen LogP contribution is -2.25. The molecule has 0 aliphatic heterocycles. The van der Waals surface area contributed by atoms with Gasteiger partial charge in [0.25, 0.3) is 0 Å². The normalized spacial score (nSPS) is 10.2. The van der Waals surface area contributed by atoms with Crippen molar-refractivity contribution < 1.29 is 14.3 Å². The van der Waals surface area contributed by atoms with Crippen LogP contribution in [0.25, 0.3) is 0 Å². The van der Waals surface area contributed by atoms with Crippen molar-refractivity contribution in [1.82, 2.24) is 5.32 Å². The molecule has 128 valence electrons. The highest BCUT2D eigenvalue weighted by Crippen LogP contribution is 2.17. The number of benzene rings is 2. The van der Waals surface area contributed by atoms with Gasteiger partial charge in [0.05, 0.1) is 19.5 Å². The number of para-hydroxylation sites is 1. The molecule has 4 nitrogen and oxygen atoms in total. The van der Waals surface area contributed by atoms with Gasteiger partial charge in [0.1, 0.15) is 11.5 Å². The highest BCUT2D eigenvalue weighted by Gasteiger charge is 2.05. The Morgan fingerprint density at radius 2 is 2.00 bits per heavy atom. The molecule has 0 unspecified atom stereocenters. The molecule has 5 heteroatoms. The van der Waals surface area contributed by atoms with E-state index in [2.05, 4.69) is 5.32 Å². The number of amides is 1. The summed E-state index contributed by atoms with van der Waals surface area (Å²) in [5.74, 6) is 2.87. The summed E-state index contributed by atoms with van der Waals surface area (Å²) in [5, 5.41) is 2.91. The van der Waals surface area contributed by atoms with Crippen LogP contribution >= 0.6 is 11.8 Å². The molecule has 0 bridgehead atoms. The summed E-state index contributed by atoms with van der Waals surface area (Å²) < 4.78 is 10.9. The Bertz CT molecular complexity index is 661. The molecule has 1 N–H and O–H groups in total. The van der Waals surface area contributed by atoms with Gasteiger partial charge in [-0.2, -0.15) is 0 Å². The summed E-state index contributed by atoms with van der Waals surface area (Å²) in [7, 11) is 1.63. The van der Waals surface area contributed by atoms with Crippen molar-refractivity contribution in [3.05, 3.63) is 59.7 Å². The van der Waals surface area contributed by atoms with E-state index in [0.717, 1.165) is 22.8 Å². The maximum atomic E-state index is 11.9. The smallest absolute Gasteiger partial charge is 0.230 e. The number of carbonyl (C=O) groups is 1. The van der Waals surface area contributed by atoms with Crippen molar-refractivity contribution >= 4 is 17.7 Å². The van der Waals surface area contributed by atoms with Crippen molar-refractivity contribution in [2.75, 3.05) is 25.2 Å². The molecular formula is C19H23NO3S. The molecule has 1 amide bonds. The fourth-order valence-corrected chi connectivity index (χ4v) is 2.82. The third kappa shape index (κ3) is 6.16. The number of carbonyl (C=O) groups excluding carboxylic acids is 1. The van der Waals surface area contributed by atoms with Gasteiger partial charge in [0.2, 0.25) is 5.91 Å². The molecule has 24 heavy (non-hydrogen) atoms. The molecule has 0 saturated heterocycles. The van der Waals surface area contributed by atoms with Crippen molar-refractivity contribution in [1.29, 1.82) is 0 Å². The number of nitrogens with one attached hydrogen (secondary N) is 1. The maximum absolute atomic E-state index is 11.9. The van der Waals surface area contributed by atoms with E-state index in [9.17, 15) is 4.79 Å². The second-order valence-corrected chi connectivity index (χ2v) is 6.41. The first kappa shape index (κ1) is 18.2. The van der Waals surface area contributed by atoms with E-state index in [-0.39, 0.29) is 5.91 Å². The lowest BCUT2D eigenvalue weighted by atomic mass is 10.2. The summed E-state index contributed by atoms with van der Waals surface area (Å²) >= 11 is 1.56.